The minimum absolute atomic E-state index is 0.0389. The molecule has 2 heterocycles. The van der Waals surface area contributed by atoms with Crippen LogP contribution in [-0.4, -0.2) is 37.5 Å². The molecular formula is C13H19BrN2OS. The molecule has 1 N–H and O–H groups in total. The number of halogens is 1. The fourth-order valence-electron chi connectivity index (χ4n) is 2.16. The quantitative estimate of drug-likeness (QED) is 0.924. The lowest BCUT2D eigenvalue weighted by Crippen LogP contribution is -2.43. The second kappa shape index (κ2) is 5.72. The van der Waals surface area contributed by atoms with Crippen LogP contribution < -0.4 is 5.32 Å². The van der Waals surface area contributed by atoms with Crippen molar-refractivity contribution in [1.29, 1.82) is 0 Å². The van der Waals surface area contributed by atoms with Crippen molar-refractivity contribution in [3.05, 3.63) is 20.8 Å². The summed E-state index contributed by atoms with van der Waals surface area (Å²) in [6.45, 7) is 5.28. The van der Waals surface area contributed by atoms with E-state index in [1.807, 2.05) is 11.4 Å². The first-order valence-corrected chi connectivity index (χ1v) is 7.87. The van der Waals surface area contributed by atoms with Crippen LogP contribution in [0.3, 0.4) is 0 Å². The Bertz CT molecular complexity index is 424. The average molecular weight is 331 g/mol. The highest BCUT2D eigenvalue weighted by molar-refractivity contribution is 9.10. The van der Waals surface area contributed by atoms with Crippen LogP contribution >= 0.6 is 27.3 Å². The Morgan fingerprint density at radius 1 is 1.56 bits per heavy atom. The molecule has 18 heavy (non-hydrogen) atoms. The SMILES string of the molecule is CN1CCC(C)(CNC(=O)c2sccc2Br)CC1. The first kappa shape index (κ1) is 14.0. The largest absolute Gasteiger partial charge is 0.351 e. The highest BCUT2D eigenvalue weighted by atomic mass is 79.9. The van der Waals surface area contributed by atoms with Gasteiger partial charge in [-0.1, -0.05) is 6.92 Å². The van der Waals surface area contributed by atoms with Crippen LogP contribution in [0.25, 0.3) is 0 Å². The van der Waals surface area contributed by atoms with Crippen molar-refractivity contribution in [2.45, 2.75) is 19.8 Å². The molecule has 1 amide bonds. The van der Waals surface area contributed by atoms with Crippen molar-refractivity contribution in [1.82, 2.24) is 10.2 Å². The van der Waals surface area contributed by atoms with Crippen LogP contribution in [0.1, 0.15) is 29.4 Å². The number of rotatable bonds is 3. The summed E-state index contributed by atoms with van der Waals surface area (Å²) in [7, 11) is 2.15. The predicted molar refractivity (Wildman–Crippen MR) is 79.2 cm³/mol. The molecule has 0 saturated carbocycles. The number of carbonyl (C=O) groups is 1. The molecule has 2 rings (SSSR count). The molecule has 0 spiro atoms. The maximum absolute atomic E-state index is 12.0. The highest BCUT2D eigenvalue weighted by Crippen LogP contribution is 2.30. The summed E-state index contributed by atoms with van der Waals surface area (Å²) in [6, 6.07) is 1.91. The predicted octanol–water partition coefficient (Wildman–Crippen LogP) is 2.97. The number of piperidine rings is 1. The minimum Gasteiger partial charge on any atom is -0.351 e. The van der Waals surface area contributed by atoms with Crippen molar-refractivity contribution in [2.75, 3.05) is 26.7 Å². The van der Waals surface area contributed by atoms with E-state index in [0.717, 1.165) is 41.8 Å². The molecule has 1 fully saturated rings. The van der Waals surface area contributed by atoms with Crippen LogP contribution in [0, 0.1) is 5.41 Å². The van der Waals surface area contributed by atoms with Gasteiger partial charge in [-0.05, 0) is 65.8 Å². The van der Waals surface area contributed by atoms with Gasteiger partial charge in [0.05, 0.1) is 0 Å². The molecule has 1 aromatic heterocycles. The van der Waals surface area contributed by atoms with Crippen LogP contribution in [0.5, 0.6) is 0 Å². The van der Waals surface area contributed by atoms with Gasteiger partial charge in [0.15, 0.2) is 0 Å². The summed E-state index contributed by atoms with van der Waals surface area (Å²) < 4.78 is 0.888. The second-order valence-corrected chi connectivity index (χ2v) is 7.16. The maximum Gasteiger partial charge on any atom is 0.262 e. The van der Waals surface area contributed by atoms with E-state index in [2.05, 4.69) is 40.1 Å². The van der Waals surface area contributed by atoms with Crippen molar-refractivity contribution in [3.63, 3.8) is 0 Å². The topological polar surface area (TPSA) is 32.3 Å². The van der Waals surface area contributed by atoms with Gasteiger partial charge < -0.3 is 10.2 Å². The smallest absolute Gasteiger partial charge is 0.262 e. The zero-order chi connectivity index (χ0) is 13.2. The Labute approximate surface area is 121 Å². The van der Waals surface area contributed by atoms with E-state index in [1.165, 1.54) is 11.3 Å². The van der Waals surface area contributed by atoms with Crippen LogP contribution in [0.15, 0.2) is 15.9 Å². The van der Waals surface area contributed by atoms with Gasteiger partial charge in [0, 0.05) is 11.0 Å². The van der Waals surface area contributed by atoms with Crippen LogP contribution in [-0.2, 0) is 0 Å². The number of thiophene rings is 1. The summed E-state index contributed by atoms with van der Waals surface area (Å²) in [5.41, 5.74) is 0.242. The van der Waals surface area contributed by atoms with Gasteiger partial charge in [-0.2, -0.15) is 0 Å². The molecule has 1 aromatic rings. The highest BCUT2D eigenvalue weighted by Gasteiger charge is 2.29. The normalized spacial score (nSPS) is 19.7. The fourth-order valence-corrected chi connectivity index (χ4v) is 3.63. The van der Waals surface area contributed by atoms with Gasteiger partial charge in [0.2, 0.25) is 0 Å². The average Bonchev–Trinajstić information content (AvgIpc) is 2.77. The Kier molecular flexibility index (Phi) is 4.45. The number of nitrogens with one attached hydrogen (secondary N) is 1. The van der Waals surface area contributed by atoms with Crippen LogP contribution in [0.4, 0.5) is 0 Å². The molecule has 0 aromatic carbocycles. The molecule has 0 unspecified atom stereocenters. The lowest BCUT2D eigenvalue weighted by Gasteiger charge is -2.37. The van der Waals surface area contributed by atoms with Crippen LogP contribution in [0.2, 0.25) is 0 Å². The van der Waals surface area contributed by atoms with Gasteiger partial charge in [0.1, 0.15) is 4.88 Å². The van der Waals surface area contributed by atoms with Gasteiger partial charge in [-0.25, -0.2) is 0 Å². The lowest BCUT2D eigenvalue weighted by atomic mass is 9.80. The lowest BCUT2D eigenvalue weighted by molar-refractivity contribution is 0.0895. The number of amides is 1. The Hall–Kier alpha value is -0.390. The molecule has 0 bridgehead atoms. The summed E-state index contributed by atoms with van der Waals surface area (Å²) in [5.74, 6) is 0.0389. The zero-order valence-corrected chi connectivity index (χ0v) is 13.2. The van der Waals surface area contributed by atoms with Crippen molar-refractivity contribution < 1.29 is 4.79 Å². The number of hydrogen-bond acceptors (Lipinski definition) is 3. The number of likely N-dealkylation sites (tertiary alicyclic amines) is 1. The molecule has 1 aliphatic heterocycles. The third-order valence-electron chi connectivity index (χ3n) is 3.69. The molecule has 0 atom stereocenters. The molecule has 1 aliphatic rings. The third-order valence-corrected chi connectivity index (χ3v) is 5.53. The van der Waals surface area contributed by atoms with E-state index in [1.54, 1.807) is 0 Å². The number of carbonyl (C=O) groups excluding carboxylic acids is 1. The number of hydrogen-bond donors (Lipinski definition) is 1. The Balaban J connectivity index is 1.88. The summed E-state index contributed by atoms with van der Waals surface area (Å²) in [5, 5.41) is 5.00. The first-order chi connectivity index (χ1) is 8.50. The van der Waals surface area contributed by atoms with Gasteiger partial charge in [0.25, 0.3) is 5.91 Å². The summed E-state index contributed by atoms with van der Waals surface area (Å²) in [6.07, 6.45) is 2.30. The van der Waals surface area contributed by atoms with Crippen molar-refractivity contribution in [3.8, 4) is 0 Å². The van der Waals surface area contributed by atoms with E-state index in [4.69, 9.17) is 0 Å². The maximum atomic E-state index is 12.0. The molecular weight excluding hydrogens is 312 g/mol. The van der Waals surface area contributed by atoms with Gasteiger partial charge in [-0.3, -0.25) is 4.79 Å². The van der Waals surface area contributed by atoms with Crippen molar-refractivity contribution >= 4 is 33.2 Å². The zero-order valence-electron chi connectivity index (χ0n) is 10.8. The van der Waals surface area contributed by atoms with Gasteiger partial charge >= 0.3 is 0 Å². The number of nitrogens with zero attached hydrogens (tertiary/aromatic N) is 1. The summed E-state index contributed by atoms with van der Waals surface area (Å²) >= 11 is 4.87. The molecule has 3 nitrogen and oxygen atoms in total. The van der Waals surface area contributed by atoms with E-state index in [9.17, 15) is 4.79 Å². The summed E-state index contributed by atoms with van der Waals surface area (Å²) in [4.78, 5) is 15.2. The van der Waals surface area contributed by atoms with Crippen molar-refractivity contribution in [2.24, 2.45) is 5.41 Å². The molecule has 0 radical (unpaired) electrons. The van der Waals surface area contributed by atoms with Gasteiger partial charge in [-0.15, -0.1) is 11.3 Å². The monoisotopic (exact) mass is 330 g/mol. The molecule has 5 heteroatoms. The fraction of sp³-hybridized carbons (Fsp3) is 0.615. The van der Waals surface area contributed by atoms with E-state index in [0.29, 0.717) is 0 Å². The second-order valence-electron chi connectivity index (χ2n) is 5.39. The molecule has 100 valence electrons. The van der Waals surface area contributed by atoms with E-state index >= 15 is 0 Å². The Morgan fingerprint density at radius 3 is 2.78 bits per heavy atom. The standard InChI is InChI=1S/C13H19BrN2OS/c1-13(4-6-16(2)7-5-13)9-15-12(17)11-10(14)3-8-18-11/h3,8H,4-7,9H2,1-2H3,(H,15,17). The van der Waals surface area contributed by atoms with E-state index in [-0.39, 0.29) is 11.3 Å². The molecule has 1 saturated heterocycles. The van der Waals surface area contributed by atoms with E-state index < -0.39 is 0 Å². The molecule has 0 aliphatic carbocycles. The first-order valence-electron chi connectivity index (χ1n) is 6.20. The third kappa shape index (κ3) is 3.33. The minimum atomic E-state index is 0.0389. The Morgan fingerprint density at radius 2 is 2.22 bits per heavy atom.